The number of rotatable bonds is 9. The minimum absolute atomic E-state index is 0.138. The van der Waals surface area contributed by atoms with Gasteiger partial charge in [0.1, 0.15) is 24.6 Å². The molecule has 222 valence electrons. The fourth-order valence-corrected chi connectivity index (χ4v) is 5.01. The van der Waals surface area contributed by atoms with Gasteiger partial charge in [0.2, 0.25) is 0 Å². The summed E-state index contributed by atoms with van der Waals surface area (Å²) in [6.07, 6.45) is -1.65. The summed E-state index contributed by atoms with van der Waals surface area (Å²) in [5.74, 6) is -2.05. The number of ether oxygens (including phenoxy) is 3. The van der Waals surface area contributed by atoms with Crippen molar-refractivity contribution in [2.45, 2.75) is 43.3 Å². The molecule has 3 amide bonds. The Morgan fingerprint density at radius 2 is 1.63 bits per heavy atom. The van der Waals surface area contributed by atoms with E-state index in [1.165, 1.54) is 17.2 Å². The fraction of sp³-hybridized carbons (Fsp3) is 0.286. The fourth-order valence-electron chi connectivity index (χ4n) is 5.01. The number of anilines is 2. The second kappa shape index (κ2) is 12.1. The molecular formula is C28H27N7O8. The van der Waals surface area contributed by atoms with Crippen LogP contribution in [0.1, 0.15) is 11.8 Å². The van der Waals surface area contributed by atoms with Crippen LogP contribution >= 0.6 is 0 Å². The van der Waals surface area contributed by atoms with Crippen LogP contribution in [0.4, 0.5) is 16.3 Å². The Balaban J connectivity index is 1.26. The lowest BCUT2D eigenvalue weighted by molar-refractivity contribution is -0.162. The number of nitrogens with one attached hydrogen (secondary N) is 3. The van der Waals surface area contributed by atoms with E-state index in [-0.39, 0.29) is 17.0 Å². The Labute approximate surface area is 243 Å². The molecule has 0 saturated carbocycles. The zero-order valence-corrected chi connectivity index (χ0v) is 22.4. The number of carboxylic acid groups (broad SMARTS) is 1. The molecule has 15 nitrogen and oxygen atoms in total. The third-order valence-electron chi connectivity index (χ3n) is 7.00. The third-order valence-corrected chi connectivity index (χ3v) is 7.00. The van der Waals surface area contributed by atoms with Gasteiger partial charge < -0.3 is 35.1 Å². The van der Waals surface area contributed by atoms with Crippen molar-refractivity contribution < 1.29 is 38.8 Å². The van der Waals surface area contributed by atoms with E-state index in [1.54, 1.807) is 24.3 Å². The molecule has 6 atom stereocenters. The monoisotopic (exact) mass is 589 g/mol. The van der Waals surface area contributed by atoms with Gasteiger partial charge in [0.15, 0.2) is 35.6 Å². The number of carboxylic acids is 1. The molecule has 0 radical (unpaired) electrons. The van der Waals surface area contributed by atoms with Crippen LogP contribution in [0.3, 0.4) is 0 Å². The van der Waals surface area contributed by atoms with Crippen molar-refractivity contribution in [1.82, 2.24) is 24.8 Å². The van der Waals surface area contributed by atoms with Crippen molar-refractivity contribution in [2.75, 3.05) is 17.2 Å². The van der Waals surface area contributed by atoms with Crippen molar-refractivity contribution in [3.63, 3.8) is 0 Å². The topological polar surface area (TPSA) is 199 Å². The van der Waals surface area contributed by atoms with E-state index in [9.17, 15) is 24.6 Å². The SMILES string of the molecule is O=C(Nc1ccccc1)Nc1ncnc2c1ncn2C1OC(C(=O)NC(CO)C(=O)O)C2OC(Cc3ccccc3)OC21. The number of carbonyl (C=O) groups excluding carboxylic acids is 2. The molecule has 4 aromatic rings. The molecule has 0 bridgehead atoms. The summed E-state index contributed by atoms with van der Waals surface area (Å²) >= 11 is 0. The Bertz CT molecular complexity index is 1620. The van der Waals surface area contributed by atoms with E-state index in [0.717, 1.165) is 5.56 Å². The van der Waals surface area contributed by atoms with Gasteiger partial charge in [-0.15, -0.1) is 0 Å². The molecule has 2 aliphatic heterocycles. The second-order valence-electron chi connectivity index (χ2n) is 9.84. The Morgan fingerprint density at radius 3 is 2.35 bits per heavy atom. The molecule has 43 heavy (non-hydrogen) atoms. The number of para-hydroxylation sites is 1. The normalized spacial score (nSPS) is 23.4. The minimum Gasteiger partial charge on any atom is -0.480 e. The van der Waals surface area contributed by atoms with Crippen LogP contribution in [0.2, 0.25) is 0 Å². The summed E-state index contributed by atoms with van der Waals surface area (Å²) in [6, 6.07) is 16.3. The smallest absolute Gasteiger partial charge is 0.328 e. The Hall–Kier alpha value is -4.96. The number of carbonyl (C=O) groups is 3. The zero-order valence-electron chi connectivity index (χ0n) is 22.4. The summed E-state index contributed by atoms with van der Waals surface area (Å²) in [4.78, 5) is 50.1. The molecule has 6 unspecified atom stereocenters. The third kappa shape index (κ3) is 5.87. The van der Waals surface area contributed by atoms with Crippen LogP contribution in [0.25, 0.3) is 11.2 Å². The molecule has 4 heterocycles. The number of amides is 3. The first kappa shape index (κ1) is 28.2. The lowest BCUT2D eigenvalue weighted by Crippen LogP contribution is -2.50. The maximum Gasteiger partial charge on any atom is 0.328 e. The van der Waals surface area contributed by atoms with Gasteiger partial charge in [-0.1, -0.05) is 48.5 Å². The number of aliphatic hydroxyl groups excluding tert-OH is 1. The van der Waals surface area contributed by atoms with E-state index < -0.39 is 61.4 Å². The number of imidazole rings is 1. The number of aromatic nitrogens is 4. The minimum atomic E-state index is -1.53. The highest BCUT2D eigenvalue weighted by atomic mass is 16.8. The molecule has 2 aromatic heterocycles. The molecule has 0 aliphatic carbocycles. The number of urea groups is 1. The average molecular weight is 590 g/mol. The van der Waals surface area contributed by atoms with Crippen molar-refractivity contribution in [3.05, 3.63) is 78.9 Å². The van der Waals surface area contributed by atoms with Crippen LogP contribution < -0.4 is 16.0 Å². The average Bonchev–Trinajstić information content (AvgIpc) is 3.71. The number of hydrogen-bond donors (Lipinski definition) is 5. The van der Waals surface area contributed by atoms with Gasteiger partial charge in [-0.3, -0.25) is 14.7 Å². The summed E-state index contributed by atoms with van der Waals surface area (Å²) < 4.78 is 20.0. The Kier molecular flexibility index (Phi) is 7.93. The molecule has 2 saturated heterocycles. The van der Waals surface area contributed by atoms with Crippen LogP contribution in [-0.2, 0) is 30.2 Å². The zero-order chi connectivity index (χ0) is 29.9. The van der Waals surface area contributed by atoms with Crippen LogP contribution in [0.5, 0.6) is 0 Å². The second-order valence-corrected chi connectivity index (χ2v) is 9.84. The summed E-state index contributed by atoms with van der Waals surface area (Å²) in [5, 5.41) is 26.4. The molecule has 5 N–H and O–H groups in total. The lowest BCUT2D eigenvalue weighted by atomic mass is 10.1. The van der Waals surface area contributed by atoms with Gasteiger partial charge in [0, 0.05) is 12.1 Å². The van der Waals surface area contributed by atoms with E-state index in [1.807, 2.05) is 36.4 Å². The van der Waals surface area contributed by atoms with Crippen molar-refractivity contribution in [3.8, 4) is 0 Å². The van der Waals surface area contributed by atoms with Crippen LogP contribution in [-0.4, -0.2) is 84.9 Å². The summed E-state index contributed by atoms with van der Waals surface area (Å²) in [7, 11) is 0. The highest BCUT2D eigenvalue weighted by molar-refractivity contribution is 6.02. The van der Waals surface area contributed by atoms with Gasteiger partial charge in [0.25, 0.3) is 5.91 Å². The maximum absolute atomic E-state index is 13.2. The summed E-state index contributed by atoms with van der Waals surface area (Å²) in [5.41, 5.74) is 2.07. The largest absolute Gasteiger partial charge is 0.480 e. The van der Waals surface area contributed by atoms with E-state index in [2.05, 4.69) is 30.9 Å². The van der Waals surface area contributed by atoms with E-state index in [0.29, 0.717) is 12.1 Å². The molecule has 0 spiro atoms. The first-order chi connectivity index (χ1) is 20.9. The number of aliphatic carboxylic acids is 1. The molecule has 2 aromatic carbocycles. The van der Waals surface area contributed by atoms with Crippen molar-refractivity contribution >= 4 is 40.6 Å². The molecule has 2 aliphatic rings. The van der Waals surface area contributed by atoms with Gasteiger partial charge in [-0.05, 0) is 17.7 Å². The number of hydrogen-bond acceptors (Lipinski definition) is 10. The van der Waals surface area contributed by atoms with E-state index in [4.69, 9.17) is 14.2 Å². The van der Waals surface area contributed by atoms with E-state index >= 15 is 0 Å². The van der Waals surface area contributed by atoms with Gasteiger partial charge in [0.05, 0.1) is 12.9 Å². The predicted octanol–water partition coefficient (Wildman–Crippen LogP) is 1.28. The first-order valence-corrected chi connectivity index (χ1v) is 13.4. The summed E-state index contributed by atoms with van der Waals surface area (Å²) in [6.45, 7) is -0.810. The van der Waals surface area contributed by atoms with Gasteiger partial charge >= 0.3 is 12.0 Å². The molecule has 2 fully saturated rings. The van der Waals surface area contributed by atoms with Crippen LogP contribution in [0.15, 0.2) is 73.3 Å². The molecule has 6 rings (SSSR count). The number of aliphatic hydroxyl groups is 1. The quantitative estimate of drug-likeness (QED) is 0.188. The van der Waals surface area contributed by atoms with Crippen LogP contribution in [0, 0.1) is 0 Å². The molecular weight excluding hydrogens is 562 g/mol. The Morgan fingerprint density at radius 1 is 0.907 bits per heavy atom. The number of nitrogens with zero attached hydrogens (tertiary/aromatic N) is 4. The number of benzene rings is 2. The standard InChI is InChI=1S/C28H27N7O8/c36-12-17(27(38)39)33-25(37)21-20-22(42-18(41-20)11-15-7-3-1-4-8-15)26(43-21)35-14-31-19-23(29-13-30-24(19)35)34-28(40)32-16-9-5-2-6-10-16/h1-10,13-14,17-18,20-22,26,36H,11-12H2,(H,33,37)(H,38,39)(H2,29,30,32,34,40). The maximum atomic E-state index is 13.2. The predicted molar refractivity (Wildman–Crippen MR) is 149 cm³/mol. The highest BCUT2D eigenvalue weighted by Crippen LogP contribution is 2.41. The highest BCUT2D eigenvalue weighted by Gasteiger charge is 2.56. The van der Waals surface area contributed by atoms with Crippen molar-refractivity contribution in [1.29, 1.82) is 0 Å². The molecule has 15 heteroatoms. The lowest BCUT2D eigenvalue weighted by Gasteiger charge is -2.22. The van der Waals surface area contributed by atoms with Gasteiger partial charge in [-0.25, -0.2) is 24.5 Å². The van der Waals surface area contributed by atoms with Crippen molar-refractivity contribution in [2.24, 2.45) is 0 Å². The number of fused-ring (bicyclic) bond motifs is 2. The first-order valence-electron chi connectivity index (χ1n) is 13.4. The van der Waals surface area contributed by atoms with Gasteiger partial charge in [-0.2, -0.15) is 0 Å².